The smallest absolute Gasteiger partial charge is 0.239 e. The second-order valence-electron chi connectivity index (χ2n) is 7.14. The second-order valence-corrected chi connectivity index (χ2v) is 7.14. The van der Waals surface area contributed by atoms with Crippen LogP contribution in [0.2, 0.25) is 0 Å². The molecule has 0 unspecified atom stereocenters. The predicted molar refractivity (Wildman–Crippen MR) is 103 cm³/mol. The normalized spacial score (nSPS) is 14.7. The van der Waals surface area contributed by atoms with Gasteiger partial charge in [0.2, 0.25) is 5.91 Å². The fraction of sp³-hybridized carbons (Fsp3) is 0.429. The van der Waals surface area contributed by atoms with E-state index >= 15 is 0 Å². The van der Waals surface area contributed by atoms with Crippen molar-refractivity contribution in [2.45, 2.75) is 39.7 Å². The summed E-state index contributed by atoms with van der Waals surface area (Å²) in [6.07, 6.45) is 3.46. The number of amides is 1. The van der Waals surface area contributed by atoms with E-state index in [1.54, 1.807) is 12.1 Å². The minimum absolute atomic E-state index is 0.105. The number of nitrogens with zero attached hydrogens (tertiary/aromatic N) is 3. The third kappa shape index (κ3) is 4.37. The van der Waals surface area contributed by atoms with Crippen LogP contribution in [0.25, 0.3) is 0 Å². The van der Waals surface area contributed by atoms with E-state index < -0.39 is 0 Å². The Morgan fingerprint density at radius 3 is 2.48 bits per heavy atom. The average Bonchev–Trinajstić information content (AvgIpc) is 2.88. The van der Waals surface area contributed by atoms with Crippen molar-refractivity contribution >= 4 is 11.7 Å². The lowest BCUT2D eigenvalue weighted by Gasteiger charge is -2.25. The largest absolute Gasteiger partial charge is 0.326 e. The number of rotatable bonds is 5. The molecule has 142 valence electrons. The number of anilines is 1. The van der Waals surface area contributed by atoms with Gasteiger partial charge in [0.25, 0.3) is 0 Å². The molecule has 2 heterocycles. The number of carbonyl (C=O) groups excluding carboxylic acids is 1. The summed E-state index contributed by atoms with van der Waals surface area (Å²) < 4.78 is 15.1. The second kappa shape index (κ2) is 8.36. The van der Waals surface area contributed by atoms with E-state index in [0.29, 0.717) is 24.5 Å². The zero-order chi connectivity index (χ0) is 19.4. The van der Waals surface area contributed by atoms with Gasteiger partial charge >= 0.3 is 0 Å². The third-order valence-electron chi connectivity index (χ3n) is 5.27. The van der Waals surface area contributed by atoms with Gasteiger partial charge in [-0.1, -0.05) is 18.6 Å². The van der Waals surface area contributed by atoms with Crippen molar-refractivity contribution in [1.82, 2.24) is 9.47 Å². The van der Waals surface area contributed by atoms with E-state index in [4.69, 9.17) is 0 Å². The number of aromatic nitrogens is 1. The maximum absolute atomic E-state index is 13.2. The summed E-state index contributed by atoms with van der Waals surface area (Å²) in [6.45, 7) is 6.49. The van der Waals surface area contributed by atoms with Gasteiger partial charge in [0.05, 0.1) is 12.1 Å². The minimum Gasteiger partial charge on any atom is -0.326 e. The topological polar surface area (TPSA) is 61.1 Å². The molecule has 0 radical (unpaired) electrons. The molecule has 6 heteroatoms. The van der Waals surface area contributed by atoms with E-state index in [0.717, 1.165) is 42.8 Å². The summed E-state index contributed by atoms with van der Waals surface area (Å²) in [5, 5.41) is 12.6. The van der Waals surface area contributed by atoms with Crippen molar-refractivity contribution in [1.29, 1.82) is 5.26 Å². The highest BCUT2D eigenvalue weighted by atomic mass is 19.1. The highest BCUT2D eigenvalue weighted by Crippen LogP contribution is 2.27. The summed E-state index contributed by atoms with van der Waals surface area (Å²) >= 11 is 0. The van der Waals surface area contributed by atoms with E-state index in [2.05, 4.69) is 16.3 Å². The van der Waals surface area contributed by atoms with Crippen LogP contribution in [0.15, 0.2) is 24.3 Å². The first kappa shape index (κ1) is 19.1. The number of benzene rings is 1. The minimum atomic E-state index is -0.285. The van der Waals surface area contributed by atoms with Gasteiger partial charge in [-0.15, -0.1) is 0 Å². The van der Waals surface area contributed by atoms with Gasteiger partial charge in [0.15, 0.2) is 0 Å². The maximum atomic E-state index is 13.2. The molecule has 0 aliphatic carbocycles. The Labute approximate surface area is 159 Å². The molecule has 1 aromatic carbocycles. The van der Waals surface area contributed by atoms with Gasteiger partial charge in [-0.25, -0.2) is 4.39 Å². The Bertz CT molecular complexity index is 858. The molecule has 0 bridgehead atoms. The molecule has 0 atom stereocenters. The number of hydrogen-bond acceptors (Lipinski definition) is 3. The van der Waals surface area contributed by atoms with Crippen molar-refractivity contribution in [3.05, 3.63) is 52.5 Å². The van der Waals surface area contributed by atoms with Crippen molar-refractivity contribution in [2.75, 3.05) is 25.0 Å². The van der Waals surface area contributed by atoms with Gasteiger partial charge in [-0.2, -0.15) is 5.26 Å². The fourth-order valence-electron chi connectivity index (χ4n) is 3.59. The lowest BCUT2D eigenvalue weighted by molar-refractivity contribution is -0.117. The Hall–Kier alpha value is -2.65. The summed E-state index contributed by atoms with van der Waals surface area (Å²) in [7, 11) is 0. The Morgan fingerprint density at radius 1 is 1.19 bits per heavy atom. The van der Waals surface area contributed by atoms with Crippen molar-refractivity contribution < 1.29 is 9.18 Å². The molecule has 1 aliphatic rings. The fourth-order valence-corrected chi connectivity index (χ4v) is 3.59. The number of halogens is 1. The van der Waals surface area contributed by atoms with Gasteiger partial charge in [-0.05, 0) is 63.0 Å². The van der Waals surface area contributed by atoms with Gasteiger partial charge in [0.1, 0.15) is 17.7 Å². The number of likely N-dealkylation sites (tertiary alicyclic amines) is 1. The summed E-state index contributed by atoms with van der Waals surface area (Å²) in [5.41, 5.74) is 3.17. The van der Waals surface area contributed by atoms with E-state index in [1.807, 2.05) is 18.4 Å². The average molecular weight is 368 g/mol. The molecule has 2 aromatic rings. The number of hydrogen-bond donors (Lipinski definition) is 1. The van der Waals surface area contributed by atoms with Crippen LogP contribution < -0.4 is 5.32 Å². The summed E-state index contributed by atoms with van der Waals surface area (Å²) in [4.78, 5) is 14.7. The molecule has 0 saturated carbocycles. The van der Waals surface area contributed by atoms with E-state index in [9.17, 15) is 14.4 Å². The van der Waals surface area contributed by atoms with Crippen molar-refractivity contribution in [3.8, 4) is 6.07 Å². The molecule has 1 fully saturated rings. The van der Waals surface area contributed by atoms with Crippen LogP contribution in [-0.4, -0.2) is 35.0 Å². The lowest BCUT2D eigenvalue weighted by atomic mass is 10.1. The Kier molecular flexibility index (Phi) is 5.92. The van der Waals surface area contributed by atoms with E-state index in [1.165, 1.54) is 18.6 Å². The quantitative estimate of drug-likeness (QED) is 0.877. The SMILES string of the molecule is Cc1c(C#N)c(NC(=O)CN2CCCCC2)n(Cc2ccc(F)cc2)c1C. The van der Waals surface area contributed by atoms with Crippen LogP contribution in [0.5, 0.6) is 0 Å². The first-order chi connectivity index (χ1) is 13.0. The van der Waals surface area contributed by atoms with Gasteiger partial charge < -0.3 is 9.88 Å². The molecule has 1 aromatic heterocycles. The molecule has 0 spiro atoms. The molecule has 1 saturated heterocycles. The molecule has 1 amide bonds. The lowest BCUT2D eigenvalue weighted by Crippen LogP contribution is -2.37. The number of nitrogens with one attached hydrogen (secondary N) is 1. The highest BCUT2D eigenvalue weighted by Gasteiger charge is 2.21. The van der Waals surface area contributed by atoms with Crippen LogP contribution in [0.1, 0.15) is 41.6 Å². The molecular formula is C21H25FN4O. The van der Waals surface area contributed by atoms with Crippen LogP contribution in [0.4, 0.5) is 10.2 Å². The highest BCUT2D eigenvalue weighted by molar-refractivity contribution is 5.93. The van der Waals surface area contributed by atoms with Gasteiger partial charge in [-0.3, -0.25) is 9.69 Å². The molecule has 5 nitrogen and oxygen atoms in total. The Morgan fingerprint density at radius 2 is 1.85 bits per heavy atom. The zero-order valence-corrected chi connectivity index (χ0v) is 15.9. The Balaban J connectivity index is 1.84. The molecule has 3 rings (SSSR count). The summed E-state index contributed by atoms with van der Waals surface area (Å²) in [6, 6.07) is 8.49. The van der Waals surface area contributed by atoms with Crippen molar-refractivity contribution in [3.63, 3.8) is 0 Å². The van der Waals surface area contributed by atoms with Crippen molar-refractivity contribution in [2.24, 2.45) is 0 Å². The standard InChI is InChI=1S/C21H25FN4O/c1-15-16(2)26(13-17-6-8-18(22)9-7-17)21(19(15)12-23)24-20(27)14-25-10-4-3-5-11-25/h6-9H,3-5,10-11,13-14H2,1-2H3,(H,24,27). The van der Waals surface area contributed by atoms with Gasteiger partial charge in [0, 0.05) is 12.2 Å². The van der Waals surface area contributed by atoms with E-state index in [-0.39, 0.29) is 11.7 Å². The predicted octanol–water partition coefficient (Wildman–Crippen LogP) is 3.59. The first-order valence-corrected chi connectivity index (χ1v) is 9.36. The maximum Gasteiger partial charge on any atom is 0.239 e. The van der Waals surface area contributed by atoms with Crippen LogP contribution in [0.3, 0.4) is 0 Å². The third-order valence-corrected chi connectivity index (χ3v) is 5.27. The molecule has 27 heavy (non-hydrogen) atoms. The number of piperidine rings is 1. The number of nitriles is 1. The summed E-state index contributed by atoms with van der Waals surface area (Å²) in [5.74, 6) is 0.136. The molecule has 1 aliphatic heterocycles. The zero-order valence-electron chi connectivity index (χ0n) is 15.9. The van der Waals surface area contributed by atoms with Crippen LogP contribution in [0, 0.1) is 31.0 Å². The molecule has 1 N–H and O–H groups in total. The first-order valence-electron chi connectivity index (χ1n) is 9.36. The van der Waals surface area contributed by atoms with Crippen LogP contribution >= 0.6 is 0 Å². The monoisotopic (exact) mass is 368 g/mol. The van der Waals surface area contributed by atoms with Crippen LogP contribution in [-0.2, 0) is 11.3 Å². The number of carbonyl (C=O) groups is 1. The molecular weight excluding hydrogens is 343 g/mol.